The Morgan fingerprint density at radius 2 is 2.12 bits per heavy atom. The summed E-state index contributed by atoms with van der Waals surface area (Å²) in [6.07, 6.45) is 5.81. The molecule has 0 fully saturated rings. The highest BCUT2D eigenvalue weighted by Gasteiger charge is 2.15. The highest BCUT2D eigenvalue weighted by Crippen LogP contribution is 2.30. The van der Waals surface area contributed by atoms with Crippen LogP contribution < -0.4 is 11.1 Å². The fraction of sp³-hybridized carbons (Fsp3) is 0.278. The number of nitrogens with two attached hydrogens (primary N) is 1. The number of fused-ring (bicyclic) bond motifs is 1. The van der Waals surface area contributed by atoms with Crippen molar-refractivity contribution in [2.24, 2.45) is 0 Å². The van der Waals surface area contributed by atoms with Crippen molar-refractivity contribution in [2.75, 3.05) is 11.1 Å². The lowest BCUT2D eigenvalue weighted by Crippen LogP contribution is -1.99. The second kappa shape index (κ2) is 6.70. The van der Waals surface area contributed by atoms with Gasteiger partial charge in [-0.3, -0.25) is 0 Å². The van der Waals surface area contributed by atoms with E-state index in [1.807, 2.05) is 12.1 Å². The molecule has 1 aromatic carbocycles. The van der Waals surface area contributed by atoms with Gasteiger partial charge in [-0.15, -0.1) is 0 Å². The third-order valence-corrected chi connectivity index (χ3v) is 4.14. The summed E-state index contributed by atoms with van der Waals surface area (Å²) in [5.74, 6) is 0.774. The molecule has 0 saturated carbocycles. The Hall–Kier alpha value is -2.89. The van der Waals surface area contributed by atoms with E-state index < -0.39 is 0 Å². The van der Waals surface area contributed by atoms with E-state index in [0.717, 1.165) is 41.8 Å². The van der Waals surface area contributed by atoms with E-state index in [9.17, 15) is 0 Å². The van der Waals surface area contributed by atoms with Crippen LogP contribution in [0.15, 0.2) is 24.5 Å². The van der Waals surface area contributed by atoms with Crippen LogP contribution in [0.1, 0.15) is 37.1 Å². The van der Waals surface area contributed by atoms with Crippen LogP contribution in [-0.4, -0.2) is 21.2 Å². The van der Waals surface area contributed by atoms with Crippen molar-refractivity contribution in [3.05, 3.63) is 41.3 Å². The van der Waals surface area contributed by atoms with E-state index in [-0.39, 0.29) is 0 Å². The Bertz CT molecular complexity index is 881. The number of nitrogens with one attached hydrogen (secondary N) is 3. The van der Waals surface area contributed by atoms with Crippen molar-refractivity contribution < 1.29 is 0 Å². The van der Waals surface area contributed by atoms with Gasteiger partial charge in [-0.1, -0.05) is 20.3 Å². The summed E-state index contributed by atoms with van der Waals surface area (Å²) in [6, 6.07) is 5.53. The number of anilines is 3. The monoisotopic (exact) mass is 322 g/mol. The Morgan fingerprint density at radius 1 is 1.29 bits per heavy atom. The van der Waals surface area contributed by atoms with E-state index in [2.05, 4.69) is 34.1 Å². The van der Waals surface area contributed by atoms with Crippen molar-refractivity contribution in [2.45, 2.75) is 33.1 Å². The van der Waals surface area contributed by atoms with Crippen molar-refractivity contribution >= 4 is 34.4 Å². The lowest BCUT2D eigenvalue weighted by molar-refractivity contribution is 0.876. The molecule has 0 aliphatic heterocycles. The number of aryl methyl sites for hydroxylation is 2. The number of nitrogens with zero attached hydrogens (tertiary/aromatic N) is 2. The van der Waals surface area contributed by atoms with Crippen LogP contribution in [0.5, 0.6) is 0 Å². The number of hydrogen-bond acceptors (Lipinski definition) is 5. The zero-order valence-electron chi connectivity index (χ0n) is 14.0. The fourth-order valence-corrected chi connectivity index (χ4v) is 3.00. The van der Waals surface area contributed by atoms with Crippen LogP contribution >= 0.6 is 0 Å². The summed E-state index contributed by atoms with van der Waals surface area (Å²) >= 11 is 0. The summed E-state index contributed by atoms with van der Waals surface area (Å²) in [7, 11) is 0. The first-order valence-electron chi connectivity index (χ1n) is 8.19. The summed E-state index contributed by atoms with van der Waals surface area (Å²) < 4.78 is 0. The normalized spacial score (nSPS) is 10.9. The minimum absolute atomic E-state index is 0.588. The maximum atomic E-state index is 7.44. The van der Waals surface area contributed by atoms with Gasteiger partial charge >= 0.3 is 0 Å². The van der Waals surface area contributed by atoms with Gasteiger partial charge in [-0.25, -0.2) is 9.97 Å². The molecule has 0 aliphatic rings. The molecular weight excluding hydrogens is 300 g/mol. The van der Waals surface area contributed by atoms with Crippen LogP contribution in [-0.2, 0) is 12.8 Å². The second-order valence-corrected chi connectivity index (χ2v) is 5.74. The molecule has 2 heterocycles. The van der Waals surface area contributed by atoms with Gasteiger partial charge in [0, 0.05) is 28.8 Å². The predicted octanol–water partition coefficient (Wildman–Crippen LogP) is 3.80. The maximum absolute atomic E-state index is 7.44. The fourth-order valence-electron chi connectivity index (χ4n) is 3.00. The summed E-state index contributed by atoms with van der Waals surface area (Å²) in [4.78, 5) is 12.2. The predicted molar refractivity (Wildman–Crippen MR) is 99.3 cm³/mol. The Morgan fingerprint density at radius 3 is 2.83 bits per heavy atom. The molecule has 6 heteroatoms. The Balaban J connectivity index is 2.07. The van der Waals surface area contributed by atoms with Gasteiger partial charge < -0.3 is 21.4 Å². The van der Waals surface area contributed by atoms with Crippen molar-refractivity contribution in [1.82, 2.24) is 15.0 Å². The third kappa shape index (κ3) is 2.82. The molecule has 0 radical (unpaired) electrons. The molecule has 24 heavy (non-hydrogen) atoms. The highest BCUT2D eigenvalue weighted by atomic mass is 15.0. The molecule has 0 atom stereocenters. The number of aromatic nitrogens is 3. The first kappa shape index (κ1) is 16.0. The average Bonchev–Trinajstić information content (AvgIpc) is 2.95. The molecule has 124 valence electrons. The molecule has 0 saturated heterocycles. The molecule has 0 aliphatic carbocycles. The molecule has 5 N–H and O–H groups in total. The van der Waals surface area contributed by atoms with Gasteiger partial charge in [0.15, 0.2) is 0 Å². The largest absolute Gasteiger partial charge is 0.398 e. The first-order chi connectivity index (χ1) is 11.7. The minimum atomic E-state index is 0.588. The minimum Gasteiger partial charge on any atom is -0.398 e. The SMILES string of the molecule is CCCc1[nH]c2ncnc(Nc3ccc(N)c(C=N)c3)c2c1CC. The maximum Gasteiger partial charge on any atom is 0.143 e. The zero-order chi connectivity index (χ0) is 17.1. The zero-order valence-corrected chi connectivity index (χ0v) is 14.0. The van der Waals surface area contributed by atoms with Crippen LogP contribution in [0, 0.1) is 5.41 Å². The van der Waals surface area contributed by atoms with Crippen LogP contribution in [0.4, 0.5) is 17.2 Å². The third-order valence-electron chi connectivity index (χ3n) is 4.14. The standard InChI is InChI=1S/C18H22N6/c1-3-5-15-13(4-2)16-17(21-10-22-18(16)24-15)23-12-6-7-14(20)11(8-12)9-19/h6-10,19H,3-5,20H2,1-2H3,(H2,21,22,23,24). The molecule has 0 spiro atoms. The van der Waals surface area contributed by atoms with Crippen molar-refractivity contribution in [1.29, 1.82) is 5.41 Å². The van der Waals surface area contributed by atoms with Gasteiger partial charge in [0.1, 0.15) is 17.8 Å². The molecule has 0 unspecified atom stereocenters. The van der Waals surface area contributed by atoms with E-state index >= 15 is 0 Å². The average molecular weight is 322 g/mol. The van der Waals surface area contributed by atoms with Crippen molar-refractivity contribution in [3.63, 3.8) is 0 Å². The number of H-pyrrole nitrogens is 1. The van der Waals surface area contributed by atoms with Gasteiger partial charge in [-0.05, 0) is 36.6 Å². The number of benzene rings is 1. The molecular formula is C18H22N6. The van der Waals surface area contributed by atoms with Gasteiger partial charge in [0.05, 0.1) is 5.39 Å². The number of rotatable bonds is 6. The Kier molecular flexibility index (Phi) is 4.46. The molecule has 6 nitrogen and oxygen atoms in total. The molecule has 0 bridgehead atoms. The van der Waals surface area contributed by atoms with Gasteiger partial charge in [0.25, 0.3) is 0 Å². The topological polar surface area (TPSA) is 103 Å². The lowest BCUT2D eigenvalue weighted by atomic mass is 10.1. The quantitative estimate of drug-likeness (QED) is 0.409. The summed E-state index contributed by atoms with van der Waals surface area (Å²) in [5, 5.41) is 11.8. The number of hydrogen-bond donors (Lipinski definition) is 4. The van der Waals surface area contributed by atoms with Gasteiger partial charge in [0.2, 0.25) is 0 Å². The van der Waals surface area contributed by atoms with Crippen LogP contribution in [0.3, 0.4) is 0 Å². The van der Waals surface area contributed by atoms with E-state index in [1.54, 1.807) is 12.4 Å². The van der Waals surface area contributed by atoms with E-state index in [0.29, 0.717) is 11.3 Å². The second-order valence-electron chi connectivity index (χ2n) is 5.74. The van der Waals surface area contributed by atoms with Crippen LogP contribution in [0.25, 0.3) is 11.0 Å². The molecule has 0 amide bonds. The van der Waals surface area contributed by atoms with Crippen LogP contribution in [0.2, 0.25) is 0 Å². The number of aromatic amines is 1. The summed E-state index contributed by atoms with van der Waals surface area (Å²) in [5.41, 5.74) is 11.3. The van der Waals surface area contributed by atoms with Gasteiger partial charge in [-0.2, -0.15) is 0 Å². The Labute approximate surface area is 141 Å². The smallest absolute Gasteiger partial charge is 0.143 e. The molecule has 3 aromatic rings. The van der Waals surface area contributed by atoms with E-state index in [1.165, 1.54) is 17.5 Å². The van der Waals surface area contributed by atoms with Crippen molar-refractivity contribution in [3.8, 4) is 0 Å². The highest BCUT2D eigenvalue weighted by molar-refractivity contribution is 5.94. The lowest BCUT2D eigenvalue weighted by Gasteiger charge is -2.10. The summed E-state index contributed by atoms with van der Waals surface area (Å²) in [6.45, 7) is 4.32. The number of nitrogen functional groups attached to an aromatic ring is 1. The van der Waals surface area contributed by atoms with E-state index in [4.69, 9.17) is 11.1 Å². The molecule has 3 rings (SSSR count). The first-order valence-corrected chi connectivity index (χ1v) is 8.19. The molecule has 2 aromatic heterocycles.